The summed E-state index contributed by atoms with van der Waals surface area (Å²) < 4.78 is 0. The highest BCUT2D eigenvalue weighted by molar-refractivity contribution is 5.86. The summed E-state index contributed by atoms with van der Waals surface area (Å²) in [4.78, 5) is 2.47. The van der Waals surface area contributed by atoms with E-state index in [9.17, 15) is 5.11 Å². The molecule has 2 bridgehead atoms. The van der Waals surface area contributed by atoms with Crippen molar-refractivity contribution < 1.29 is 5.11 Å². The first-order valence-electron chi connectivity index (χ1n) is 8.30. The second-order valence-corrected chi connectivity index (χ2v) is 6.76. The SMILES string of the molecule is C=C[C@H]1CN2CC[C@H]1C[C@@H]2[C@@H](O)c1cccc2ccccc12. The molecule has 2 heteroatoms. The molecule has 3 aliphatic rings. The molecular formula is C20H23NO. The van der Waals surface area contributed by atoms with Gasteiger partial charge in [0.25, 0.3) is 0 Å². The van der Waals surface area contributed by atoms with E-state index in [1.807, 2.05) is 0 Å². The number of rotatable bonds is 3. The first-order valence-corrected chi connectivity index (χ1v) is 8.30. The molecule has 3 aliphatic heterocycles. The quantitative estimate of drug-likeness (QED) is 0.871. The third-order valence-electron chi connectivity index (χ3n) is 5.66. The molecule has 3 heterocycles. The zero-order valence-corrected chi connectivity index (χ0v) is 12.9. The van der Waals surface area contributed by atoms with Crippen LogP contribution < -0.4 is 0 Å². The third kappa shape index (κ3) is 2.18. The number of aliphatic hydroxyl groups excluding tert-OH is 1. The minimum Gasteiger partial charge on any atom is -0.387 e. The molecule has 5 atom stereocenters. The highest BCUT2D eigenvalue weighted by Gasteiger charge is 2.42. The Morgan fingerprint density at radius 3 is 2.77 bits per heavy atom. The van der Waals surface area contributed by atoms with Gasteiger partial charge in [0.1, 0.15) is 0 Å². The fourth-order valence-corrected chi connectivity index (χ4v) is 4.42. The van der Waals surface area contributed by atoms with Gasteiger partial charge in [0, 0.05) is 12.6 Å². The van der Waals surface area contributed by atoms with Gasteiger partial charge in [-0.1, -0.05) is 48.5 Å². The van der Waals surface area contributed by atoms with E-state index < -0.39 is 6.10 Å². The molecule has 3 fully saturated rings. The highest BCUT2D eigenvalue weighted by atomic mass is 16.3. The van der Waals surface area contributed by atoms with Crippen molar-refractivity contribution in [1.82, 2.24) is 4.90 Å². The Morgan fingerprint density at radius 2 is 2.00 bits per heavy atom. The second kappa shape index (κ2) is 5.53. The Kier molecular flexibility index (Phi) is 3.51. The topological polar surface area (TPSA) is 23.5 Å². The maximum Gasteiger partial charge on any atom is 0.0951 e. The van der Waals surface area contributed by atoms with Crippen LogP contribution in [-0.2, 0) is 0 Å². The predicted octanol–water partition coefficient (Wildman–Crippen LogP) is 3.77. The summed E-state index contributed by atoms with van der Waals surface area (Å²) in [5.74, 6) is 1.29. The summed E-state index contributed by atoms with van der Waals surface area (Å²) in [6, 6.07) is 14.9. The molecule has 114 valence electrons. The lowest BCUT2D eigenvalue weighted by Gasteiger charge is -2.50. The molecule has 2 aromatic rings. The number of hydrogen-bond donors (Lipinski definition) is 1. The van der Waals surface area contributed by atoms with E-state index in [-0.39, 0.29) is 6.04 Å². The summed E-state index contributed by atoms with van der Waals surface area (Å²) in [6.07, 6.45) is 4.04. The molecule has 2 nitrogen and oxygen atoms in total. The maximum absolute atomic E-state index is 11.1. The molecule has 0 radical (unpaired) electrons. The summed E-state index contributed by atoms with van der Waals surface area (Å²) in [5.41, 5.74) is 1.07. The van der Waals surface area contributed by atoms with Gasteiger partial charge in [-0.2, -0.15) is 0 Å². The van der Waals surface area contributed by atoms with Gasteiger partial charge in [-0.3, -0.25) is 4.90 Å². The van der Waals surface area contributed by atoms with Crippen LogP contribution in [0.3, 0.4) is 0 Å². The van der Waals surface area contributed by atoms with Crippen LogP contribution in [0.25, 0.3) is 10.8 Å². The fourth-order valence-electron chi connectivity index (χ4n) is 4.42. The van der Waals surface area contributed by atoms with Crippen molar-refractivity contribution in [3.63, 3.8) is 0 Å². The van der Waals surface area contributed by atoms with Crippen molar-refractivity contribution >= 4 is 10.8 Å². The molecule has 0 spiro atoms. The molecular weight excluding hydrogens is 270 g/mol. The smallest absolute Gasteiger partial charge is 0.0951 e. The number of fused-ring (bicyclic) bond motifs is 4. The van der Waals surface area contributed by atoms with Crippen LogP contribution in [0.4, 0.5) is 0 Å². The Morgan fingerprint density at radius 1 is 1.18 bits per heavy atom. The molecule has 1 N–H and O–H groups in total. The first-order chi connectivity index (χ1) is 10.8. The number of nitrogens with zero attached hydrogens (tertiary/aromatic N) is 1. The van der Waals surface area contributed by atoms with Gasteiger partial charge in [0.05, 0.1) is 6.10 Å². The van der Waals surface area contributed by atoms with E-state index in [1.54, 1.807) is 0 Å². The van der Waals surface area contributed by atoms with Crippen molar-refractivity contribution in [2.24, 2.45) is 11.8 Å². The minimum atomic E-state index is -0.403. The number of piperidine rings is 3. The normalized spacial score (nSPS) is 32.0. The molecule has 0 amide bonds. The average molecular weight is 293 g/mol. The van der Waals surface area contributed by atoms with Crippen LogP contribution in [-0.4, -0.2) is 29.1 Å². The summed E-state index contributed by atoms with van der Waals surface area (Å²) >= 11 is 0. The van der Waals surface area contributed by atoms with E-state index in [0.717, 1.165) is 25.1 Å². The summed E-state index contributed by atoms with van der Waals surface area (Å²) in [5, 5.41) is 13.4. The van der Waals surface area contributed by atoms with Gasteiger partial charge < -0.3 is 5.11 Å². The number of aliphatic hydroxyl groups is 1. The van der Waals surface area contributed by atoms with Crippen molar-refractivity contribution in [3.8, 4) is 0 Å². The lowest BCUT2D eigenvalue weighted by atomic mass is 9.73. The van der Waals surface area contributed by atoms with Crippen LogP contribution in [0.1, 0.15) is 24.5 Å². The van der Waals surface area contributed by atoms with Gasteiger partial charge in [0.2, 0.25) is 0 Å². The van der Waals surface area contributed by atoms with Crippen molar-refractivity contribution in [2.75, 3.05) is 13.1 Å². The Hall–Kier alpha value is -1.64. The standard InChI is InChI=1S/C20H23NO/c1-2-14-13-21-11-10-16(14)12-19(21)20(22)18-9-5-7-15-6-3-4-8-17(15)18/h2-9,14,16,19-20,22H,1,10-13H2/t14-,16-,19+,20-/m0/s1. The van der Waals surface area contributed by atoms with Gasteiger partial charge >= 0.3 is 0 Å². The molecule has 0 aliphatic carbocycles. The molecule has 22 heavy (non-hydrogen) atoms. The largest absolute Gasteiger partial charge is 0.387 e. The second-order valence-electron chi connectivity index (χ2n) is 6.76. The maximum atomic E-state index is 11.1. The van der Waals surface area contributed by atoms with Crippen LogP contribution >= 0.6 is 0 Å². The van der Waals surface area contributed by atoms with Crippen LogP contribution in [0, 0.1) is 11.8 Å². The molecule has 3 saturated heterocycles. The Balaban J connectivity index is 1.67. The number of benzene rings is 2. The Bertz CT molecular complexity index is 690. The van der Waals surface area contributed by atoms with E-state index in [2.05, 4.69) is 60.0 Å². The first kappa shape index (κ1) is 14.0. The summed E-state index contributed by atoms with van der Waals surface area (Å²) in [6.45, 7) is 6.15. The van der Waals surface area contributed by atoms with Crippen molar-refractivity contribution in [1.29, 1.82) is 0 Å². The molecule has 2 aromatic carbocycles. The predicted molar refractivity (Wildman–Crippen MR) is 90.7 cm³/mol. The van der Waals surface area contributed by atoms with Gasteiger partial charge in [-0.05, 0) is 47.6 Å². The highest BCUT2D eigenvalue weighted by Crippen LogP contribution is 2.42. The fraction of sp³-hybridized carbons (Fsp3) is 0.400. The number of hydrogen-bond acceptors (Lipinski definition) is 2. The monoisotopic (exact) mass is 293 g/mol. The van der Waals surface area contributed by atoms with Gasteiger partial charge in [0.15, 0.2) is 0 Å². The molecule has 0 aromatic heterocycles. The van der Waals surface area contributed by atoms with Crippen LogP contribution in [0.2, 0.25) is 0 Å². The van der Waals surface area contributed by atoms with E-state index in [0.29, 0.717) is 11.8 Å². The Labute approximate surface area is 132 Å². The minimum absolute atomic E-state index is 0.251. The van der Waals surface area contributed by atoms with E-state index >= 15 is 0 Å². The molecule has 0 saturated carbocycles. The zero-order valence-electron chi connectivity index (χ0n) is 12.9. The summed E-state index contributed by atoms with van der Waals surface area (Å²) in [7, 11) is 0. The van der Waals surface area contributed by atoms with Gasteiger partial charge in [-0.25, -0.2) is 0 Å². The molecule has 5 rings (SSSR count). The van der Waals surface area contributed by atoms with E-state index in [4.69, 9.17) is 0 Å². The average Bonchev–Trinajstić information content (AvgIpc) is 2.60. The molecule has 1 unspecified atom stereocenters. The van der Waals surface area contributed by atoms with Crippen LogP contribution in [0.15, 0.2) is 55.1 Å². The lowest BCUT2D eigenvalue weighted by molar-refractivity contribution is -0.0444. The van der Waals surface area contributed by atoms with Gasteiger partial charge in [-0.15, -0.1) is 6.58 Å². The lowest BCUT2D eigenvalue weighted by Crippen LogP contribution is -2.54. The third-order valence-corrected chi connectivity index (χ3v) is 5.66. The van der Waals surface area contributed by atoms with Crippen molar-refractivity contribution in [2.45, 2.75) is 25.0 Å². The van der Waals surface area contributed by atoms with E-state index in [1.165, 1.54) is 17.2 Å². The zero-order chi connectivity index (χ0) is 15.1. The van der Waals surface area contributed by atoms with Crippen molar-refractivity contribution in [3.05, 3.63) is 60.7 Å². The van der Waals surface area contributed by atoms with Crippen LogP contribution in [0.5, 0.6) is 0 Å².